The number of alkyl halides is 3. The second kappa shape index (κ2) is 6.03. The Hall–Kier alpha value is -2.19. The topological polar surface area (TPSA) is 72.2 Å². The van der Waals surface area contributed by atoms with Gasteiger partial charge in [-0.25, -0.2) is 9.50 Å². The molecular formula is C15H18F3N5O. The molecule has 1 aliphatic rings. The molecule has 0 bridgehead atoms. The van der Waals surface area contributed by atoms with Gasteiger partial charge in [-0.3, -0.25) is 4.79 Å². The molecule has 6 nitrogen and oxygen atoms in total. The second-order valence-corrected chi connectivity index (χ2v) is 6.20. The van der Waals surface area contributed by atoms with E-state index >= 15 is 0 Å². The van der Waals surface area contributed by atoms with Crippen molar-refractivity contribution in [2.24, 2.45) is 5.92 Å². The molecule has 0 radical (unpaired) electrons. The quantitative estimate of drug-likeness (QED) is 0.911. The van der Waals surface area contributed by atoms with Crippen LogP contribution in [0.4, 0.5) is 13.2 Å². The highest BCUT2D eigenvalue weighted by molar-refractivity contribution is 5.91. The Morgan fingerprint density at radius 2 is 1.96 bits per heavy atom. The van der Waals surface area contributed by atoms with E-state index < -0.39 is 24.0 Å². The number of carbonyl (C=O) groups excluding carboxylic acids is 1. The van der Waals surface area contributed by atoms with Gasteiger partial charge in [0.15, 0.2) is 0 Å². The van der Waals surface area contributed by atoms with Gasteiger partial charge in [0, 0.05) is 17.4 Å². The van der Waals surface area contributed by atoms with E-state index in [9.17, 15) is 18.0 Å². The van der Waals surface area contributed by atoms with Crippen LogP contribution in [-0.4, -0.2) is 37.7 Å². The minimum atomic E-state index is -4.32. The number of aromatic nitrogens is 4. The first-order chi connectivity index (χ1) is 11.3. The molecule has 2 aromatic rings. The zero-order chi connectivity index (χ0) is 17.5. The molecule has 1 fully saturated rings. The van der Waals surface area contributed by atoms with E-state index in [2.05, 4.69) is 20.4 Å². The highest BCUT2D eigenvalue weighted by atomic mass is 19.4. The fraction of sp³-hybridized carbons (Fsp3) is 0.600. The Kier molecular flexibility index (Phi) is 4.18. The van der Waals surface area contributed by atoms with Crippen LogP contribution in [-0.2, 0) is 0 Å². The van der Waals surface area contributed by atoms with Gasteiger partial charge >= 0.3 is 6.18 Å². The number of fused-ring (bicyclic) bond motifs is 1. The molecule has 0 saturated heterocycles. The molecule has 0 aromatic carbocycles. The molecule has 2 atom stereocenters. The largest absolute Gasteiger partial charge is 0.393 e. The maximum absolute atomic E-state index is 13.1. The third kappa shape index (κ3) is 3.20. The Balaban J connectivity index is 1.82. The molecule has 2 aromatic heterocycles. The van der Waals surface area contributed by atoms with E-state index in [0.29, 0.717) is 19.3 Å². The maximum atomic E-state index is 13.1. The lowest BCUT2D eigenvalue weighted by molar-refractivity contribution is -0.187. The summed E-state index contributed by atoms with van der Waals surface area (Å²) in [7, 11) is 0. The lowest BCUT2D eigenvalue weighted by Gasteiger charge is -2.33. The number of amides is 1. The average molecular weight is 341 g/mol. The van der Waals surface area contributed by atoms with Crippen molar-refractivity contribution in [1.82, 2.24) is 24.9 Å². The average Bonchev–Trinajstić information content (AvgIpc) is 2.91. The van der Waals surface area contributed by atoms with Gasteiger partial charge in [-0.2, -0.15) is 18.2 Å². The molecule has 1 N–H and O–H groups in total. The van der Waals surface area contributed by atoms with Crippen LogP contribution >= 0.6 is 0 Å². The molecular weight excluding hydrogens is 323 g/mol. The predicted octanol–water partition coefficient (Wildman–Crippen LogP) is 2.59. The Morgan fingerprint density at radius 3 is 2.67 bits per heavy atom. The Bertz CT molecular complexity index is 770. The van der Waals surface area contributed by atoms with E-state index in [1.807, 2.05) is 0 Å². The number of rotatable bonds is 2. The number of halogens is 3. The SMILES string of the molecule is Cc1cc(C)n2nc(C(=O)N[C@@H]3CCCC[C@H]3C(F)(F)F)nc2n1. The molecule has 0 unspecified atom stereocenters. The lowest BCUT2D eigenvalue weighted by atomic mass is 9.84. The number of hydrogen-bond donors (Lipinski definition) is 1. The standard InChI is InChI=1S/C15H18F3N5O/c1-8-7-9(2)23-14(19-8)21-12(22-23)13(24)20-11-6-4-3-5-10(11)15(16,17)18/h7,10-11H,3-6H2,1-2H3,(H,20,24)/t10-,11-/m1/s1. The van der Waals surface area contributed by atoms with Crippen molar-refractivity contribution in [3.63, 3.8) is 0 Å². The number of nitrogens with zero attached hydrogens (tertiary/aromatic N) is 4. The first-order valence-electron chi connectivity index (χ1n) is 7.84. The molecule has 0 spiro atoms. The van der Waals surface area contributed by atoms with Crippen molar-refractivity contribution in [3.8, 4) is 0 Å². The summed E-state index contributed by atoms with van der Waals surface area (Å²) in [4.78, 5) is 20.5. The van der Waals surface area contributed by atoms with Gasteiger partial charge in [-0.1, -0.05) is 12.8 Å². The molecule has 130 valence electrons. The Morgan fingerprint density at radius 1 is 1.25 bits per heavy atom. The summed E-state index contributed by atoms with van der Waals surface area (Å²) in [6, 6.07) is 0.845. The van der Waals surface area contributed by atoms with Crippen LogP contribution in [0.1, 0.15) is 47.7 Å². The van der Waals surface area contributed by atoms with Crippen LogP contribution in [0.5, 0.6) is 0 Å². The highest BCUT2D eigenvalue weighted by Gasteiger charge is 2.46. The van der Waals surface area contributed by atoms with Crippen LogP contribution < -0.4 is 5.32 Å². The molecule has 9 heteroatoms. The molecule has 24 heavy (non-hydrogen) atoms. The number of hydrogen-bond acceptors (Lipinski definition) is 4. The zero-order valence-corrected chi connectivity index (χ0v) is 13.4. The van der Waals surface area contributed by atoms with Crippen molar-refractivity contribution in [3.05, 3.63) is 23.3 Å². The van der Waals surface area contributed by atoms with E-state index in [-0.39, 0.29) is 18.0 Å². The molecule has 1 saturated carbocycles. The van der Waals surface area contributed by atoms with Crippen LogP contribution in [0.25, 0.3) is 5.78 Å². The number of nitrogens with one attached hydrogen (secondary N) is 1. The molecule has 2 heterocycles. The van der Waals surface area contributed by atoms with Gasteiger partial charge in [-0.15, -0.1) is 5.10 Å². The molecule has 1 amide bonds. The van der Waals surface area contributed by atoms with Crippen molar-refractivity contribution in [2.75, 3.05) is 0 Å². The van der Waals surface area contributed by atoms with Crippen molar-refractivity contribution < 1.29 is 18.0 Å². The maximum Gasteiger partial charge on any atom is 0.393 e. The van der Waals surface area contributed by atoms with Gasteiger partial charge < -0.3 is 5.32 Å². The van der Waals surface area contributed by atoms with E-state index in [1.54, 1.807) is 19.9 Å². The number of aryl methyl sites for hydroxylation is 2. The minimum absolute atomic E-state index is 0.0346. The summed E-state index contributed by atoms with van der Waals surface area (Å²) < 4.78 is 40.7. The monoisotopic (exact) mass is 341 g/mol. The third-order valence-electron chi connectivity index (χ3n) is 4.32. The first kappa shape index (κ1) is 16.7. The first-order valence-corrected chi connectivity index (χ1v) is 7.84. The lowest BCUT2D eigenvalue weighted by Crippen LogP contribution is -2.47. The Labute approximate surface area is 136 Å². The summed E-state index contributed by atoms with van der Waals surface area (Å²) in [6.45, 7) is 3.58. The summed E-state index contributed by atoms with van der Waals surface area (Å²) in [5.74, 6) is -2.12. The molecule has 3 rings (SSSR count). The predicted molar refractivity (Wildman–Crippen MR) is 79.5 cm³/mol. The van der Waals surface area contributed by atoms with E-state index in [0.717, 1.165) is 11.4 Å². The van der Waals surface area contributed by atoms with Crippen molar-refractivity contribution >= 4 is 11.7 Å². The summed E-state index contributed by atoms with van der Waals surface area (Å²) >= 11 is 0. The van der Waals surface area contributed by atoms with Crippen molar-refractivity contribution in [2.45, 2.75) is 51.7 Å². The highest BCUT2D eigenvalue weighted by Crippen LogP contribution is 2.37. The fourth-order valence-electron chi connectivity index (χ4n) is 3.19. The van der Waals surface area contributed by atoms with Crippen LogP contribution in [0.3, 0.4) is 0 Å². The molecule has 0 aliphatic heterocycles. The third-order valence-corrected chi connectivity index (χ3v) is 4.32. The summed E-state index contributed by atoms with van der Waals surface area (Å²) in [5.41, 5.74) is 1.47. The van der Waals surface area contributed by atoms with Gasteiger partial charge in [0.05, 0.1) is 5.92 Å². The molecule has 1 aliphatic carbocycles. The fourth-order valence-corrected chi connectivity index (χ4v) is 3.19. The van der Waals surface area contributed by atoms with Crippen LogP contribution in [0, 0.1) is 19.8 Å². The summed E-state index contributed by atoms with van der Waals surface area (Å²) in [5, 5.41) is 6.52. The van der Waals surface area contributed by atoms with Gasteiger partial charge in [-0.05, 0) is 32.8 Å². The van der Waals surface area contributed by atoms with Crippen molar-refractivity contribution in [1.29, 1.82) is 0 Å². The second-order valence-electron chi connectivity index (χ2n) is 6.20. The van der Waals surface area contributed by atoms with Gasteiger partial charge in [0.1, 0.15) is 0 Å². The van der Waals surface area contributed by atoms with Gasteiger partial charge in [0.25, 0.3) is 11.7 Å². The van der Waals surface area contributed by atoms with Crippen LogP contribution in [0.15, 0.2) is 6.07 Å². The normalized spacial score (nSPS) is 21.9. The summed E-state index contributed by atoms with van der Waals surface area (Å²) in [6.07, 6.45) is -2.80. The van der Waals surface area contributed by atoms with Gasteiger partial charge in [0.2, 0.25) is 5.82 Å². The zero-order valence-electron chi connectivity index (χ0n) is 13.4. The van der Waals surface area contributed by atoms with Crippen LogP contribution in [0.2, 0.25) is 0 Å². The minimum Gasteiger partial charge on any atom is -0.346 e. The smallest absolute Gasteiger partial charge is 0.346 e. The van der Waals surface area contributed by atoms with E-state index in [1.165, 1.54) is 4.52 Å². The number of carbonyl (C=O) groups is 1. The van der Waals surface area contributed by atoms with E-state index in [4.69, 9.17) is 0 Å².